The zero-order chi connectivity index (χ0) is 15.7. The van der Waals surface area contributed by atoms with Crippen molar-refractivity contribution in [2.45, 2.75) is 6.92 Å². The van der Waals surface area contributed by atoms with Gasteiger partial charge >= 0.3 is 0 Å². The maximum atomic E-state index is 11.6. The van der Waals surface area contributed by atoms with Crippen LogP contribution in [0.25, 0.3) is 16.9 Å². The average molecular weight is 291 g/mol. The molecule has 0 fully saturated rings. The largest absolute Gasteiger partial charge is 0.496 e. The molecule has 0 N–H and O–H groups in total. The molecule has 5 heteroatoms. The first-order chi connectivity index (χ1) is 10.7. The van der Waals surface area contributed by atoms with E-state index >= 15 is 0 Å². The summed E-state index contributed by atoms with van der Waals surface area (Å²) in [5.41, 5.74) is 3.53. The first-order valence-corrected chi connectivity index (χ1v) is 6.72. The van der Waals surface area contributed by atoms with Gasteiger partial charge in [0.2, 0.25) is 0 Å². The Hall–Kier alpha value is -3.13. The number of ether oxygens (including phenoxy) is 1. The number of carbonyl (C=O) groups is 1. The second-order valence-corrected chi connectivity index (χ2v) is 4.80. The highest BCUT2D eigenvalue weighted by Crippen LogP contribution is 2.32. The molecule has 0 radical (unpaired) electrons. The lowest BCUT2D eigenvalue weighted by atomic mass is 10.1. The molecular formula is C17H13N3O2. The molecule has 5 nitrogen and oxygen atoms in total. The summed E-state index contributed by atoms with van der Waals surface area (Å²) in [5, 5.41) is 9.16. The molecule has 0 saturated heterocycles. The number of imidazole rings is 1. The average Bonchev–Trinajstić information content (AvgIpc) is 2.94. The molecule has 0 amide bonds. The Morgan fingerprint density at radius 3 is 2.73 bits per heavy atom. The number of aromatic nitrogens is 2. The Bertz CT molecular complexity index is 920. The van der Waals surface area contributed by atoms with Crippen molar-refractivity contribution >= 4 is 11.9 Å². The second kappa shape index (κ2) is 5.34. The third kappa shape index (κ3) is 1.93. The van der Waals surface area contributed by atoms with Gasteiger partial charge in [0.25, 0.3) is 0 Å². The normalized spacial score (nSPS) is 10.4. The third-order valence-corrected chi connectivity index (χ3v) is 3.66. The summed E-state index contributed by atoms with van der Waals surface area (Å²) in [6, 6.07) is 13.0. The number of benzene rings is 1. The minimum Gasteiger partial charge on any atom is -0.496 e. The van der Waals surface area contributed by atoms with Gasteiger partial charge in [0.15, 0.2) is 6.29 Å². The number of para-hydroxylation sites is 1. The van der Waals surface area contributed by atoms with Gasteiger partial charge in [0, 0.05) is 11.3 Å². The molecule has 0 unspecified atom stereocenters. The van der Waals surface area contributed by atoms with Crippen molar-refractivity contribution in [3.63, 3.8) is 0 Å². The molecule has 2 heterocycles. The fraction of sp³-hybridized carbons (Fsp3) is 0.118. The molecule has 0 atom stereocenters. The monoisotopic (exact) mass is 291 g/mol. The number of aryl methyl sites for hydroxylation is 1. The molecule has 0 bridgehead atoms. The lowest BCUT2D eigenvalue weighted by molar-refractivity contribution is 0.111. The number of aldehydes is 1. The van der Waals surface area contributed by atoms with Gasteiger partial charge in [-0.25, -0.2) is 4.98 Å². The van der Waals surface area contributed by atoms with E-state index < -0.39 is 0 Å². The smallest absolute Gasteiger partial charge is 0.169 e. The van der Waals surface area contributed by atoms with E-state index in [1.165, 1.54) is 0 Å². The summed E-state index contributed by atoms with van der Waals surface area (Å²) >= 11 is 0. The number of pyridine rings is 1. The molecule has 2 aromatic heterocycles. The predicted octanol–water partition coefficient (Wildman–Crippen LogP) is 3.00. The molecule has 108 valence electrons. The topological polar surface area (TPSA) is 67.4 Å². The maximum Gasteiger partial charge on any atom is 0.169 e. The molecular weight excluding hydrogens is 278 g/mol. The number of hydrogen-bond donors (Lipinski definition) is 0. The van der Waals surface area contributed by atoms with Crippen molar-refractivity contribution in [3.8, 4) is 23.1 Å². The zero-order valence-corrected chi connectivity index (χ0v) is 12.2. The Kier molecular flexibility index (Phi) is 3.36. The molecule has 1 aromatic carbocycles. The molecule has 0 aliphatic carbocycles. The van der Waals surface area contributed by atoms with Gasteiger partial charge in [-0.15, -0.1) is 0 Å². The number of rotatable bonds is 3. The van der Waals surface area contributed by atoms with Crippen molar-refractivity contribution in [2.24, 2.45) is 0 Å². The first kappa shape index (κ1) is 13.8. The number of carbonyl (C=O) groups excluding carboxylic acids is 1. The first-order valence-electron chi connectivity index (χ1n) is 6.72. The summed E-state index contributed by atoms with van der Waals surface area (Å²) in [4.78, 5) is 16.2. The van der Waals surface area contributed by atoms with Crippen LogP contribution in [-0.4, -0.2) is 22.8 Å². The highest BCUT2D eigenvalue weighted by atomic mass is 16.5. The molecule has 0 aliphatic rings. The molecule has 3 rings (SSSR count). The maximum absolute atomic E-state index is 11.6. The van der Waals surface area contributed by atoms with E-state index in [-0.39, 0.29) is 0 Å². The fourth-order valence-corrected chi connectivity index (χ4v) is 2.58. The Labute approximate surface area is 127 Å². The van der Waals surface area contributed by atoms with Crippen LogP contribution in [0.3, 0.4) is 0 Å². The van der Waals surface area contributed by atoms with E-state index in [1.807, 2.05) is 24.3 Å². The van der Waals surface area contributed by atoms with E-state index in [9.17, 15) is 4.79 Å². The zero-order valence-electron chi connectivity index (χ0n) is 12.2. The van der Waals surface area contributed by atoms with Crippen LogP contribution in [0.15, 0.2) is 36.4 Å². The predicted molar refractivity (Wildman–Crippen MR) is 82.0 cm³/mol. The van der Waals surface area contributed by atoms with Crippen LogP contribution in [0.1, 0.15) is 21.7 Å². The van der Waals surface area contributed by atoms with Gasteiger partial charge < -0.3 is 4.74 Å². The molecule has 0 spiro atoms. The second-order valence-electron chi connectivity index (χ2n) is 4.80. The highest BCUT2D eigenvalue weighted by Gasteiger charge is 2.18. The minimum atomic E-state index is 0.411. The number of fused-ring (bicyclic) bond motifs is 1. The number of methoxy groups -OCH3 is 1. The standard InChI is InChI=1S/C17H13N3O2/c1-11-12(9-18)7-8-16-19-17(14(10-21)20(11)16)13-5-3-4-6-15(13)22-2/h3-8,10H,1-2H3. The van der Waals surface area contributed by atoms with Gasteiger partial charge in [0.1, 0.15) is 28.9 Å². The van der Waals surface area contributed by atoms with Crippen LogP contribution in [0, 0.1) is 18.3 Å². The highest BCUT2D eigenvalue weighted by molar-refractivity contribution is 5.88. The van der Waals surface area contributed by atoms with E-state index in [2.05, 4.69) is 11.1 Å². The van der Waals surface area contributed by atoms with Crippen molar-refractivity contribution in [1.29, 1.82) is 5.26 Å². The van der Waals surface area contributed by atoms with Crippen LogP contribution in [0.5, 0.6) is 5.75 Å². The Morgan fingerprint density at radius 2 is 2.05 bits per heavy atom. The summed E-state index contributed by atoms with van der Waals surface area (Å²) in [6.45, 7) is 1.80. The van der Waals surface area contributed by atoms with E-state index in [4.69, 9.17) is 10.00 Å². The van der Waals surface area contributed by atoms with Crippen LogP contribution in [0.2, 0.25) is 0 Å². The molecule has 3 aromatic rings. The lowest BCUT2D eigenvalue weighted by Gasteiger charge is -2.06. The van der Waals surface area contributed by atoms with Gasteiger partial charge in [-0.3, -0.25) is 9.20 Å². The van der Waals surface area contributed by atoms with Gasteiger partial charge in [-0.05, 0) is 31.2 Å². The Balaban J connectivity index is 2.39. The summed E-state index contributed by atoms with van der Waals surface area (Å²) in [5.74, 6) is 0.646. The summed E-state index contributed by atoms with van der Waals surface area (Å²) in [6.07, 6.45) is 0.760. The SMILES string of the molecule is COc1ccccc1-c1nc2ccc(C#N)c(C)n2c1C=O. The van der Waals surface area contributed by atoms with Crippen LogP contribution < -0.4 is 4.74 Å². The van der Waals surface area contributed by atoms with Crippen molar-refractivity contribution in [1.82, 2.24) is 9.38 Å². The third-order valence-electron chi connectivity index (χ3n) is 3.66. The van der Waals surface area contributed by atoms with Crippen LogP contribution >= 0.6 is 0 Å². The quantitative estimate of drug-likeness (QED) is 0.696. The van der Waals surface area contributed by atoms with E-state index in [0.717, 1.165) is 11.8 Å². The molecule has 0 aliphatic heterocycles. The van der Waals surface area contributed by atoms with E-state index in [1.54, 1.807) is 30.6 Å². The molecule has 22 heavy (non-hydrogen) atoms. The fourth-order valence-electron chi connectivity index (χ4n) is 2.58. The number of nitrogens with zero attached hydrogens (tertiary/aromatic N) is 3. The number of hydrogen-bond acceptors (Lipinski definition) is 4. The minimum absolute atomic E-state index is 0.411. The van der Waals surface area contributed by atoms with Crippen LogP contribution in [-0.2, 0) is 0 Å². The molecule has 0 saturated carbocycles. The summed E-state index contributed by atoms with van der Waals surface area (Å²) in [7, 11) is 1.58. The van der Waals surface area contributed by atoms with Crippen molar-refractivity contribution < 1.29 is 9.53 Å². The van der Waals surface area contributed by atoms with Gasteiger partial charge in [0.05, 0.1) is 12.7 Å². The lowest BCUT2D eigenvalue weighted by Crippen LogP contribution is -1.99. The summed E-state index contributed by atoms with van der Waals surface area (Å²) < 4.78 is 7.05. The Morgan fingerprint density at radius 1 is 1.27 bits per heavy atom. The van der Waals surface area contributed by atoms with Crippen molar-refractivity contribution in [2.75, 3.05) is 7.11 Å². The van der Waals surface area contributed by atoms with Crippen molar-refractivity contribution in [3.05, 3.63) is 53.3 Å². The van der Waals surface area contributed by atoms with Crippen LogP contribution in [0.4, 0.5) is 0 Å². The number of nitriles is 1. The van der Waals surface area contributed by atoms with Gasteiger partial charge in [-0.1, -0.05) is 12.1 Å². The van der Waals surface area contributed by atoms with E-state index in [0.29, 0.717) is 34.0 Å². The van der Waals surface area contributed by atoms with Gasteiger partial charge in [-0.2, -0.15) is 5.26 Å².